The van der Waals surface area contributed by atoms with Gasteiger partial charge in [-0.2, -0.15) is 5.10 Å². The van der Waals surface area contributed by atoms with Gasteiger partial charge in [-0.25, -0.2) is 4.68 Å². The van der Waals surface area contributed by atoms with Gasteiger partial charge in [-0.1, -0.05) is 36.4 Å². The van der Waals surface area contributed by atoms with E-state index in [1.165, 1.54) is 0 Å². The number of nitrogens with zero attached hydrogens (tertiary/aromatic N) is 3. The number of methoxy groups -OCH3 is 2. The lowest BCUT2D eigenvalue weighted by Gasteiger charge is -2.25. The van der Waals surface area contributed by atoms with Crippen LogP contribution in [0.2, 0.25) is 0 Å². The highest BCUT2D eigenvalue weighted by atomic mass is 16.5. The zero-order valence-electron chi connectivity index (χ0n) is 21.3. The molecule has 0 aliphatic rings. The fraction of sp³-hybridized carbons (Fsp3) is 0.444. The second kappa shape index (κ2) is 13.3. The maximum absolute atomic E-state index is 10.6. The summed E-state index contributed by atoms with van der Waals surface area (Å²) in [5.41, 5.74) is 2.75. The van der Waals surface area contributed by atoms with E-state index in [2.05, 4.69) is 4.90 Å². The predicted octanol–water partition coefficient (Wildman–Crippen LogP) is 4.12. The topological polar surface area (TPSA) is 78.2 Å². The monoisotopic (exact) mass is 483 g/mol. The maximum Gasteiger partial charge on any atom is 0.222 e. The van der Waals surface area contributed by atoms with Crippen LogP contribution in [0.15, 0.2) is 54.6 Å². The van der Waals surface area contributed by atoms with Gasteiger partial charge in [0.25, 0.3) is 0 Å². The Morgan fingerprint density at radius 1 is 1.03 bits per heavy atom. The first kappa shape index (κ1) is 26.7. The Kier molecular flexibility index (Phi) is 10.1. The molecule has 0 unspecified atom stereocenters. The normalized spacial score (nSPS) is 12.3. The van der Waals surface area contributed by atoms with Crippen LogP contribution in [0.4, 0.5) is 0 Å². The van der Waals surface area contributed by atoms with Gasteiger partial charge in [0.2, 0.25) is 5.88 Å². The SMILES string of the molecule is COCCN(Cc1c(-c2ccccc2)nn(C)c1Oc1cccc(OC)c1)C[C@H](O)COC(C)C. The lowest BCUT2D eigenvalue weighted by Crippen LogP contribution is -2.37. The quantitative estimate of drug-likeness (QED) is 0.370. The lowest BCUT2D eigenvalue weighted by atomic mass is 10.1. The molecule has 1 atom stereocenters. The Balaban J connectivity index is 1.95. The van der Waals surface area contributed by atoms with E-state index in [9.17, 15) is 5.11 Å². The minimum atomic E-state index is -0.631. The number of aliphatic hydroxyl groups excluding tert-OH is 1. The van der Waals surface area contributed by atoms with Gasteiger partial charge in [-0.05, 0) is 26.0 Å². The first-order chi connectivity index (χ1) is 16.9. The van der Waals surface area contributed by atoms with Crippen LogP contribution in [0.1, 0.15) is 19.4 Å². The highest BCUT2D eigenvalue weighted by Gasteiger charge is 2.23. The number of aliphatic hydroxyl groups is 1. The average Bonchev–Trinajstić information content (AvgIpc) is 3.16. The highest BCUT2D eigenvalue weighted by Crippen LogP contribution is 2.35. The fourth-order valence-corrected chi connectivity index (χ4v) is 3.76. The standard InChI is InChI=1S/C27H37N3O5/c1-20(2)34-19-22(31)17-30(14-15-32-4)18-25-26(21-10-7-6-8-11-21)28-29(3)27(25)35-24-13-9-12-23(16-24)33-5/h6-13,16,20,22,31H,14-15,17-19H2,1-5H3/t22-/m0/s1. The molecule has 0 bridgehead atoms. The molecule has 3 rings (SSSR count). The molecule has 0 aliphatic heterocycles. The van der Waals surface area contributed by atoms with E-state index >= 15 is 0 Å². The number of rotatable bonds is 14. The maximum atomic E-state index is 10.6. The van der Waals surface area contributed by atoms with E-state index in [0.717, 1.165) is 16.8 Å². The molecule has 0 spiro atoms. The third-order valence-electron chi connectivity index (χ3n) is 5.48. The van der Waals surface area contributed by atoms with Crippen LogP contribution in [0.25, 0.3) is 11.3 Å². The van der Waals surface area contributed by atoms with Crippen molar-refractivity contribution < 1.29 is 24.1 Å². The summed E-state index contributed by atoms with van der Waals surface area (Å²) in [6.07, 6.45) is -0.572. The van der Waals surface area contributed by atoms with E-state index in [1.807, 2.05) is 75.5 Å². The Morgan fingerprint density at radius 3 is 2.46 bits per heavy atom. The molecule has 2 aromatic carbocycles. The zero-order chi connectivity index (χ0) is 25.2. The average molecular weight is 484 g/mol. The molecule has 190 valence electrons. The highest BCUT2D eigenvalue weighted by molar-refractivity contribution is 5.65. The Morgan fingerprint density at radius 2 is 1.77 bits per heavy atom. The van der Waals surface area contributed by atoms with Crippen molar-refractivity contribution in [1.82, 2.24) is 14.7 Å². The summed E-state index contributed by atoms with van der Waals surface area (Å²) in [7, 11) is 5.17. The summed E-state index contributed by atoms with van der Waals surface area (Å²) < 4.78 is 24.4. The third-order valence-corrected chi connectivity index (χ3v) is 5.48. The fourth-order valence-electron chi connectivity index (χ4n) is 3.76. The minimum absolute atomic E-state index is 0.0583. The van der Waals surface area contributed by atoms with Crippen molar-refractivity contribution in [3.8, 4) is 28.6 Å². The summed E-state index contributed by atoms with van der Waals surface area (Å²) in [6.45, 7) is 6.30. The Labute approximate surface area is 208 Å². The summed E-state index contributed by atoms with van der Waals surface area (Å²) in [5.74, 6) is 2.00. The minimum Gasteiger partial charge on any atom is -0.497 e. The van der Waals surface area contributed by atoms with Gasteiger partial charge in [0.1, 0.15) is 17.2 Å². The molecule has 3 aromatic rings. The molecule has 8 nitrogen and oxygen atoms in total. The number of benzene rings is 2. The van der Waals surface area contributed by atoms with Crippen molar-refractivity contribution in [3.63, 3.8) is 0 Å². The first-order valence-electron chi connectivity index (χ1n) is 11.9. The van der Waals surface area contributed by atoms with Crippen molar-refractivity contribution in [1.29, 1.82) is 0 Å². The number of hydrogen-bond acceptors (Lipinski definition) is 7. The summed E-state index contributed by atoms with van der Waals surface area (Å²) in [4.78, 5) is 2.14. The van der Waals surface area contributed by atoms with Crippen LogP contribution in [0.5, 0.6) is 17.4 Å². The second-order valence-electron chi connectivity index (χ2n) is 8.67. The van der Waals surface area contributed by atoms with Crippen LogP contribution in [-0.4, -0.2) is 72.5 Å². The van der Waals surface area contributed by atoms with E-state index in [4.69, 9.17) is 24.0 Å². The predicted molar refractivity (Wildman–Crippen MR) is 136 cm³/mol. The molecular formula is C27H37N3O5. The van der Waals surface area contributed by atoms with Gasteiger partial charge >= 0.3 is 0 Å². The van der Waals surface area contributed by atoms with Crippen LogP contribution < -0.4 is 9.47 Å². The number of hydrogen-bond donors (Lipinski definition) is 1. The van der Waals surface area contributed by atoms with Gasteiger partial charge in [-0.15, -0.1) is 0 Å². The van der Waals surface area contributed by atoms with E-state index < -0.39 is 6.10 Å². The molecule has 0 amide bonds. The van der Waals surface area contributed by atoms with Crippen LogP contribution in [-0.2, 0) is 23.1 Å². The van der Waals surface area contributed by atoms with Crippen molar-refractivity contribution in [2.75, 3.05) is 40.5 Å². The van der Waals surface area contributed by atoms with Crippen molar-refractivity contribution >= 4 is 0 Å². The molecule has 8 heteroatoms. The van der Waals surface area contributed by atoms with Gasteiger partial charge in [0.15, 0.2) is 0 Å². The molecule has 0 saturated carbocycles. The van der Waals surface area contributed by atoms with Crippen molar-refractivity contribution in [2.24, 2.45) is 7.05 Å². The summed E-state index contributed by atoms with van der Waals surface area (Å²) in [5, 5.41) is 15.4. The molecule has 1 N–H and O–H groups in total. The van der Waals surface area contributed by atoms with Crippen LogP contribution in [0.3, 0.4) is 0 Å². The number of aromatic nitrogens is 2. The molecule has 35 heavy (non-hydrogen) atoms. The Hall–Kier alpha value is -2.91. The zero-order valence-corrected chi connectivity index (χ0v) is 21.3. The molecule has 0 radical (unpaired) electrons. The molecule has 1 aromatic heterocycles. The van der Waals surface area contributed by atoms with E-state index in [0.29, 0.717) is 43.6 Å². The van der Waals surface area contributed by atoms with Gasteiger partial charge in [0, 0.05) is 45.4 Å². The molecular weight excluding hydrogens is 446 g/mol. The van der Waals surface area contributed by atoms with Gasteiger partial charge in [-0.3, -0.25) is 4.90 Å². The third kappa shape index (κ3) is 7.80. The van der Waals surface area contributed by atoms with Crippen molar-refractivity contribution in [2.45, 2.75) is 32.6 Å². The van der Waals surface area contributed by atoms with Crippen molar-refractivity contribution in [3.05, 3.63) is 60.2 Å². The summed E-state index contributed by atoms with van der Waals surface area (Å²) in [6, 6.07) is 17.5. The number of aryl methyl sites for hydroxylation is 1. The van der Waals surface area contributed by atoms with Gasteiger partial charge in [0.05, 0.1) is 38.1 Å². The van der Waals surface area contributed by atoms with E-state index in [-0.39, 0.29) is 12.7 Å². The Bertz CT molecular complexity index is 1040. The largest absolute Gasteiger partial charge is 0.497 e. The van der Waals surface area contributed by atoms with Crippen LogP contribution in [0, 0.1) is 0 Å². The number of ether oxygens (including phenoxy) is 4. The second-order valence-corrected chi connectivity index (χ2v) is 8.67. The first-order valence-corrected chi connectivity index (χ1v) is 11.9. The molecule has 0 aliphatic carbocycles. The molecule has 0 fully saturated rings. The smallest absolute Gasteiger partial charge is 0.222 e. The van der Waals surface area contributed by atoms with Crippen LogP contribution >= 0.6 is 0 Å². The summed E-state index contributed by atoms with van der Waals surface area (Å²) >= 11 is 0. The lowest BCUT2D eigenvalue weighted by molar-refractivity contribution is -0.0121. The molecule has 0 saturated heterocycles. The van der Waals surface area contributed by atoms with Gasteiger partial charge < -0.3 is 24.1 Å². The molecule has 1 heterocycles. The van der Waals surface area contributed by atoms with E-state index in [1.54, 1.807) is 18.9 Å².